The van der Waals surface area contributed by atoms with Gasteiger partial charge >= 0.3 is 0 Å². The molecule has 1 aromatic rings. The lowest BCUT2D eigenvalue weighted by Gasteiger charge is -2.34. The molecule has 8 heteroatoms. The van der Waals surface area contributed by atoms with E-state index in [1.165, 1.54) is 12.1 Å². The van der Waals surface area contributed by atoms with Crippen LogP contribution in [-0.2, 0) is 33.2 Å². The van der Waals surface area contributed by atoms with Crippen LogP contribution in [0.3, 0.4) is 0 Å². The summed E-state index contributed by atoms with van der Waals surface area (Å²) in [6.07, 6.45) is -2.30. The molecule has 0 bridgehead atoms. The second-order valence-corrected chi connectivity index (χ2v) is 7.21. The van der Waals surface area contributed by atoms with E-state index in [1.807, 2.05) is 6.92 Å². The Labute approximate surface area is 135 Å². The van der Waals surface area contributed by atoms with E-state index in [0.29, 0.717) is 6.61 Å². The van der Waals surface area contributed by atoms with Gasteiger partial charge in [0.05, 0.1) is 17.6 Å². The molecule has 0 aliphatic carbocycles. The van der Waals surface area contributed by atoms with Crippen molar-refractivity contribution in [3.8, 4) is 0 Å². The molecule has 2 saturated heterocycles. The highest BCUT2D eigenvalue weighted by Gasteiger charge is 2.43. The van der Waals surface area contributed by atoms with E-state index in [0.717, 1.165) is 5.56 Å². The Morgan fingerprint density at radius 3 is 2.57 bits per heavy atom. The first-order valence-corrected chi connectivity index (χ1v) is 8.81. The van der Waals surface area contributed by atoms with Crippen LogP contribution in [0.5, 0.6) is 0 Å². The number of hydrogen-bond acceptors (Lipinski definition) is 7. The zero-order valence-electron chi connectivity index (χ0n) is 13.0. The molecule has 0 spiro atoms. The van der Waals surface area contributed by atoms with Gasteiger partial charge in [-0.3, -0.25) is 4.18 Å². The Bertz CT molecular complexity index is 628. The number of rotatable bonds is 3. The van der Waals surface area contributed by atoms with Crippen molar-refractivity contribution in [2.24, 2.45) is 0 Å². The third-order valence-electron chi connectivity index (χ3n) is 3.94. The minimum Gasteiger partial charge on any atom is -0.353 e. The monoisotopic (exact) mass is 344 g/mol. The van der Waals surface area contributed by atoms with Crippen LogP contribution in [0.4, 0.5) is 0 Å². The van der Waals surface area contributed by atoms with Crippen molar-refractivity contribution >= 4 is 10.1 Å². The summed E-state index contributed by atoms with van der Waals surface area (Å²) in [5, 5.41) is 0. The minimum absolute atomic E-state index is 0.0412. The highest BCUT2D eigenvalue weighted by atomic mass is 32.2. The summed E-state index contributed by atoms with van der Waals surface area (Å²) in [7, 11) is -3.93. The van der Waals surface area contributed by atoms with Crippen molar-refractivity contribution in [2.45, 2.75) is 43.2 Å². The van der Waals surface area contributed by atoms with Gasteiger partial charge in [0.2, 0.25) is 0 Å². The van der Waals surface area contributed by atoms with Crippen LogP contribution in [0.15, 0.2) is 29.2 Å². The molecule has 2 aliphatic rings. The fraction of sp³-hybridized carbons (Fsp3) is 0.600. The first-order chi connectivity index (χ1) is 11.0. The van der Waals surface area contributed by atoms with E-state index in [2.05, 4.69) is 0 Å². The summed E-state index contributed by atoms with van der Waals surface area (Å²) in [5.74, 6) is 0. The third kappa shape index (κ3) is 3.73. The number of fused-ring (bicyclic) bond motifs is 1. The molecule has 3 rings (SSSR count). The zero-order chi connectivity index (χ0) is 16.4. The zero-order valence-corrected chi connectivity index (χ0v) is 13.8. The summed E-state index contributed by atoms with van der Waals surface area (Å²) < 4.78 is 52.2. The Morgan fingerprint density at radius 1 is 1.09 bits per heavy atom. The number of aryl methyl sites for hydroxylation is 1. The van der Waals surface area contributed by atoms with Crippen LogP contribution >= 0.6 is 0 Å². The van der Waals surface area contributed by atoms with Crippen molar-refractivity contribution < 1.29 is 31.5 Å². The molecule has 2 fully saturated rings. The largest absolute Gasteiger partial charge is 0.353 e. The van der Waals surface area contributed by atoms with Crippen LogP contribution in [0.2, 0.25) is 0 Å². The van der Waals surface area contributed by atoms with Gasteiger partial charge in [0.25, 0.3) is 10.1 Å². The van der Waals surface area contributed by atoms with Gasteiger partial charge in [-0.25, -0.2) is 0 Å². The Balaban J connectivity index is 1.84. The van der Waals surface area contributed by atoms with Crippen LogP contribution in [-0.4, -0.2) is 53.0 Å². The molecule has 0 saturated carbocycles. The van der Waals surface area contributed by atoms with E-state index in [-0.39, 0.29) is 18.5 Å². The van der Waals surface area contributed by atoms with Crippen molar-refractivity contribution in [3.63, 3.8) is 0 Å². The second kappa shape index (κ2) is 6.84. The Morgan fingerprint density at radius 2 is 1.83 bits per heavy atom. The molecule has 7 nitrogen and oxygen atoms in total. The minimum atomic E-state index is -3.93. The van der Waals surface area contributed by atoms with Gasteiger partial charge in [-0.2, -0.15) is 8.42 Å². The molecular formula is C15H20O7S. The first-order valence-electron chi connectivity index (χ1n) is 7.40. The van der Waals surface area contributed by atoms with Gasteiger partial charge in [-0.1, -0.05) is 17.7 Å². The lowest BCUT2D eigenvalue weighted by molar-refractivity contribution is -0.223. The molecule has 2 heterocycles. The van der Waals surface area contributed by atoms with Gasteiger partial charge in [0.15, 0.2) is 0 Å². The number of hydrogen-bond donors (Lipinski definition) is 0. The fourth-order valence-corrected chi connectivity index (χ4v) is 3.72. The number of benzene rings is 1. The van der Waals surface area contributed by atoms with E-state index < -0.39 is 34.5 Å². The van der Waals surface area contributed by atoms with Crippen LogP contribution in [0.25, 0.3) is 0 Å². The maximum Gasteiger partial charge on any atom is 0.297 e. The molecule has 4 atom stereocenters. The third-order valence-corrected chi connectivity index (χ3v) is 5.26. The molecule has 2 aliphatic heterocycles. The van der Waals surface area contributed by atoms with Crippen molar-refractivity contribution in [2.75, 3.05) is 20.2 Å². The van der Waals surface area contributed by atoms with E-state index >= 15 is 0 Å². The molecule has 0 unspecified atom stereocenters. The normalized spacial score (nSPS) is 32.1. The molecule has 0 aromatic heterocycles. The van der Waals surface area contributed by atoms with E-state index in [1.54, 1.807) is 19.1 Å². The summed E-state index contributed by atoms with van der Waals surface area (Å²) in [4.78, 5) is 0.101. The summed E-state index contributed by atoms with van der Waals surface area (Å²) in [6.45, 7) is 4.04. The van der Waals surface area contributed by atoms with E-state index in [9.17, 15) is 8.42 Å². The average Bonchev–Trinajstić information content (AvgIpc) is 2.68. The Hall–Kier alpha value is -1.03. The van der Waals surface area contributed by atoms with Crippen LogP contribution < -0.4 is 0 Å². The predicted octanol–water partition coefficient (Wildman–Crippen LogP) is 1.20. The van der Waals surface area contributed by atoms with Crippen molar-refractivity contribution in [1.29, 1.82) is 0 Å². The maximum absolute atomic E-state index is 12.5. The summed E-state index contributed by atoms with van der Waals surface area (Å²) >= 11 is 0. The highest BCUT2D eigenvalue weighted by molar-refractivity contribution is 7.86. The molecule has 23 heavy (non-hydrogen) atoms. The topological polar surface area (TPSA) is 80.3 Å². The summed E-state index contributed by atoms with van der Waals surface area (Å²) in [6, 6.07) is 6.48. The standard InChI is InChI=1S/C15H20O7S/c1-10-3-5-12(6-4-10)23(16,17)22-14-11(2)19-9-20-13-7-18-8-21-15(13)14/h3-6,11,13-15H,7-9H2,1-2H3/t11-,13-,14-,15-/m0/s1. The average molecular weight is 344 g/mol. The van der Waals surface area contributed by atoms with Crippen molar-refractivity contribution in [1.82, 2.24) is 0 Å². The fourth-order valence-electron chi connectivity index (χ4n) is 2.58. The predicted molar refractivity (Wildman–Crippen MR) is 79.2 cm³/mol. The molecule has 1 aromatic carbocycles. The van der Waals surface area contributed by atoms with Crippen LogP contribution in [0, 0.1) is 6.92 Å². The lowest BCUT2D eigenvalue weighted by atomic mass is 10.0. The quantitative estimate of drug-likeness (QED) is 0.762. The summed E-state index contributed by atoms with van der Waals surface area (Å²) in [5.41, 5.74) is 0.969. The van der Waals surface area contributed by atoms with Gasteiger partial charge in [0.1, 0.15) is 31.9 Å². The van der Waals surface area contributed by atoms with Crippen molar-refractivity contribution in [3.05, 3.63) is 29.8 Å². The molecule has 0 amide bonds. The smallest absolute Gasteiger partial charge is 0.297 e. The molecular weight excluding hydrogens is 324 g/mol. The SMILES string of the molecule is Cc1ccc(S(=O)(=O)O[C@@H]2[C@H]3OCOC[C@@H]3OCO[C@H]2C)cc1. The van der Waals surface area contributed by atoms with Gasteiger partial charge in [-0.15, -0.1) is 0 Å². The maximum atomic E-state index is 12.5. The highest BCUT2D eigenvalue weighted by Crippen LogP contribution is 2.27. The molecule has 0 N–H and O–H groups in total. The van der Waals surface area contributed by atoms with Gasteiger partial charge in [-0.05, 0) is 26.0 Å². The number of ether oxygens (including phenoxy) is 4. The second-order valence-electron chi connectivity index (χ2n) is 5.64. The van der Waals surface area contributed by atoms with Gasteiger partial charge in [0, 0.05) is 0 Å². The Kier molecular flexibility index (Phi) is 5.00. The van der Waals surface area contributed by atoms with E-state index in [4.69, 9.17) is 23.1 Å². The van der Waals surface area contributed by atoms with Gasteiger partial charge < -0.3 is 18.9 Å². The first kappa shape index (κ1) is 16.8. The molecule has 128 valence electrons. The van der Waals surface area contributed by atoms with Crippen LogP contribution in [0.1, 0.15) is 12.5 Å². The lowest BCUT2D eigenvalue weighted by Crippen LogP contribution is -2.51. The molecule has 0 radical (unpaired) electrons.